The number of ether oxygens (including phenoxy) is 2. The van der Waals surface area contributed by atoms with E-state index in [1.54, 1.807) is 24.1 Å². The van der Waals surface area contributed by atoms with E-state index in [0.717, 1.165) is 54.9 Å². The second kappa shape index (κ2) is 17.6. The minimum absolute atomic E-state index is 0.00434. The Kier molecular flexibility index (Phi) is 13.3. The molecule has 1 atom stereocenters. The van der Waals surface area contributed by atoms with Crippen LogP contribution in [-0.2, 0) is 27.2 Å². The molecule has 3 heterocycles. The number of likely N-dealkylation sites (tertiary alicyclic amines) is 3. The molecular weight excluding hydrogens is 665 g/mol. The molecule has 2 aromatic rings. The van der Waals surface area contributed by atoms with Crippen LogP contribution in [0, 0.1) is 11.8 Å². The van der Waals surface area contributed by atoms with Crippen LogP contribution in [-0.4, -0.2) is 117 Å². The van der Waals surface area contributed by atoms with Crippen molar-refractivity contribution in [3.8, 4) is 5.75 Å². The van der Waals surface area contributed by atoms with Crippen LogP contribution >= 0.6 is 23.2 Å². The Morgan fingerprint density at radius 3 is 2.18 bits per heavy atom. The third kappa shape index (κ3) is 9.73. The van der Waals surface area contributed by atoms with E-state index in [1.807, 2.05) is 41.1 Å². The Hall–Kier alpha value is -3.21. The van der Waals surface area contributed by atoms with E-state index in [1.165, 1.54) is 12.8 Å². The lowest BCUT2D eigenvalue weighted by Crippen LogP contribution is -2.50. The Morgan fingerprint density at radius 2 is 1.57 bits per heavy atom. The highest BCUT2D eigenvalue weighted by Gasteiger charge is 2.36. The van der Waals surface area contributed by atoms with Gasteiger partial charge in [0.25, 0.3) is 5.91 Å². The molecule has 1 N–H and O–H groups in total. The number of nitrogens with one attached hydrogen (secondary N) is 1. The zero-order valence-corrected chi connectivity index (χ0v) is 30.6. The van der Waals surface area contributed by atoms with Gasteiger partial charge >= 0.3 is 6.09 Å². The van der Waals surface area contributed by atoms with Crippen molar-refractivity contribution in [2.45, 2.75) is 63.5 Å². The number of halogens is 2. The zero-order chi connectivity index (χ0) is 34.9. The van der Waals surface area contributed by atoms with Crippen molar-refractivity contribution in [1.29, 1.82) is 0 Å². The first-order chi connectivity index (χ1) is 23.7. The van der Waals surface area contributed by atoms with E-state index in [2.05, 4.69) is 17.3 Å². The number of piperidine rings is 3. The smallest absolute Gasteiger partial charge is 0.410 e. The monoisotopic (exact) mass is 715 g/mol. The van der Waals surface area contributed by atoms with Gasteiger partial charge in [0.15, 0.2) is 6.10 Å². The molecular formula is C37H51Cl2N5O5. The predicted octanol–water partition coefficient (Wildman–Crippen LogP) is 5.84. The molecule has 0 saturated carbocycles. The number of hydrogen-bond acceptors (Lipinski definition) is 7. The molecule has 0 bridgehead atoms. The largest absolute Gasteiger partial charge is 0.497 e. The maximum atomic E-state index is 14.0. The minimum Gasteiger partial charge on any atom is -0.497 e. The molecule has 10 nitrogen and oxygen atoms in total. The topological polar surface area (TPSA) is 94.7 Å². The van der Waals surface area contributed by atoms with Crippen LogP contribution < -0.4 is 10.1 Å². The fraction of sp³-hybridized carbons (Fsp3) is 0.595. The first-order valence-corrected chi connectivity index (χ1v) is 18.4. The number of methoxy groups -OCH3 is 1. The number of nitrogens with zero attached hydrogens (tertiary/aromatic N) is 4. The molecule has 3 fully saturated rings. The first kappa shape index (κ1) is 37.1. The Balaban J connectivity index is 1.18. The molecule has 5 rings (SSSR count). The third-order valence-electron chi connectivity index (χ3n) is 10.8. The highest BCUT2D eigenvalue weighted by atomic mass is 35.5. The number of carbonyl (C=O) groups is 3. The molecule has 3 saturated heterocycles. The van der Waals surface area contributed by atoms with E-state index < -0.39 is 12.2 Å². The second-order valence-electron chi connectivity index (χ2n) is 13.7. The molecule has 0 spiro atoms. The summed E-state index contributed by atoms with van der Waals surface area (Å²) in [4.78, 5) is 47.4. The predicted molar refractivity (Wildman–Crippen MR) is 194 cm³/mol. The molecule has 49 heavy (non-hydrogen) atoms. The standard InChI is InChI=1S/C37H51Cl2N5O5/c1-40-34-7-5-31(48-3)24-29(34)12-19-44(25-45)30-13-20-43(21-14-30)37(47)49-35(23-26-4-6-32(38)33(39)22-26)36(46)42-17-10-28(11-18-42)27-8-15-41(2)16-9-27/h4-7,22,24-25,27-28,30,35,40H,8-21,23H2,1-3H3/t35-/m1/s1. The average Bonchev–Trinajstić information content (AvgIpc) is 3.13. The molecule has 0 radical (unpaired) electrons. The number of rotatable bonds is 12. The van der Waals surface area contributed by atoms with Gasteiger partial charge in [-0.1, -0.05) is 29.3 Å². The summed E-state index contributed by atoms with van der Waals surface area (Å²) in [7, 11) is 5.69. The van der Waals surface area contributed by atoms with Gasteiger partial charge in [-0.2, -0.15) is 0 Å². The van der Waals surface area contributed by atoms with Crippen molar-refractivity contribution in [3.63, 3.8) is 0 Å². The van der Waals surface area contributed by atoms with Crippen LogP contribution in [0.3, 0.4) is 0 Å². The van der Waals surface area contributed by atoms with Gasteiger partial charge in [0, 0.05) is 57.9 Å². The summed E-state index contributed by atoms with van der Waals surface area (Å²) in [5.41, 5.74) is 2.84. The van der Waals surface area contributed by atoms with Gasteiger partial charge in [-0.25, -0.2) is 4.79 Å². The molecule has 268 valence electrons. The number of anilines is 1. The Morgan fingerprint density at radius 1 is 0.918 bits per heavy atom. The summed E-state index contributed by atoms with van der Waals surface area (Å²) in [5.74, 6) is 1.94. The van der Waals surface area contributed by atoms with E-state index >= 15 is 0 Å². The molecule has 3 amide bonds. The molecule has 0 unspecified atom stereocenters. The van der Waals surface area contributed by atoms with E-state index in [9.17, 15) is 14.4 Å². The minimum atomic E-state index is -0.974. The highest BCUT2D eigenvalue weighted by Crippen LogP contribution is 2.33. The Bertz CT molecular complexity index is 1420. The zero-order valence-electron chi connectivity index (χ0n) is 29.0. The van der Waals surface area contributed by atoms with Crippen molar-refractivity contribution in [2.24, 2.45) is 11.8 Å². The summed E-state index contributed by atoms with van der Waals surface area (Å²) in [6, 6.07) is 11.1. The lowest BCUT2D eigenvalue weighted by molar-refractivity contribution is -0.142. The van der Waals surface area contributed by atoms with Gasteiger partial charge in [0.1, 0.15) is 5.75 Å². The van der Waals surface area contributed by atoms with Crippen LogP contribution in [0.5, 0.6) is 5.75 Å². The SMILES string of the molecule is CNc1ccc(OC)cc1CCN(C=O)C1CCN(C(=O)O[C@H](Cc2ccc(Cl)c(Cl)c2)C(=O)N2CCC(C3CCN(C)CC3)CC2)CC1. The lowest BCUT2D eigenvalue weighted by atomic mass is 9.79. The van der Waals surface area contributed by atoms with E-state index in [-0.39, 0.29) is 18.4 Å². The number of benzene rings is 2. The van der Waals surface area contributed by atoms with Gasteiger partial charge in [-0.05, 0) is 118 Å². The number of amides is 3. The second-order valence-corrected chi connectivity index (χ2v) is 14.5. The fourth-order valence-electron chi connectivity index (χ4n) is 7.65. The van der Waals surface area contributed by atoms with E-state index in [4.69, 9.17) is 32.7 Å². The third-order valence-corrected chi connectivity index (χ3v) is 11.5. The fourth-order valence-corrected chi connectivity index (χ4v) is 7.97. The molecule has 2 aromatic carbocycles. The van der Waals surface area contributed by atoms with Crippen LogP contribution in [0.1, 0.15) is 49.7 Å². The lowest BCUT2D eigenvalue weighted by Gasteiger charge is -2.40. The molecule has 0 aliphatic carbocycles. The maximum Gasteiger partial charge on any atom is 0.410 e. The van der Waals surface area contributed by atoms with Crippen molar-refractivity contribution in [2.75, 3.05) is 72.3 Å². The Labute approximate surface area is 301 Å². The maximum absolute atomic E-state index is 14.0. The molecule has 3 aliphatic heterocycles. The summed E-state index contributed by atoms with van der Waals surface area (Å²) in [5, 5.41) is 4.03. The van der Waals surface area contributed by atoms with Crippen molar-refractivity contribution < 1.29 is 23.9 Å². The average molecular weight is 717 g/mol. The van der Waals surface area contributed by atoms with Crippen molar-refractivity contribution >= 4 is 47.3 Å². The normalized spacial score (nSPS) is 19.0. The van der Waals surface area contributed by atoms with Gasteiger partial charge in [-0.3, -0.25) is 9.59 Å². The molecule has 0 aromatic heterocycles. The summed E-state index contributed by atoms with van der Waals surface area (Å²) >= 11 is 12.5. The van der Waals surface area contributed by atoms with Gasteiger partial charge in [0.2, 0.25) is 6.41 Å². The number of hydrogen-bond donors (Lipinski definition) is 1. The van der Waals surface area contributed by atoms with Crippen LogP contribution in [0.4, 0.5) is 10.5 Å². The number of carbonyl (C=O) groups excluding carboxylic acids is 3. The van der Waals surface area contributed by atoms with Crippen molar-refractivity contribution in [3.05, 3.63) is 57.6 Å². The van der Waals surface area contributed by atoms with Crippen molar-refractivity contribution in [1.82, 2.24) is 19.6 Å². The summed E-state index contributed by atoms with van der Waals surface area (Å²) in [6.07, 6.45) is 5.93. The van der Waals surface area contributed by atoms with E-state index in [0.29, 0.717) is 73.9 Å². The first-order valence-electron chi connectivity index (χ1n) is 17.6. The van der Waals surface area contributed by atoms with Crippen LogP contribution in [0.2, 0.25) is 10.0 Å². The quantitative estimate of drug-likeness (QED) is 0.276. The van der Waals surface area contributed by atoms with Crippen LogP contribution in [0.25, 0.3) is 0 Å². The molecule has 12 heteroatoms. The summed E-state index contributed by atoms with van der Waals surface area (Å²) in [6.45, 7) is 5.03. The van der Waals surface area contributed by atoms with Gasteiger partial charge in [-0.15, -0.1) is 0 Å². The highest BCUT2D eigenvalue weighted by molar-refractivity contribution is 6.42. The van der Waals surface area contributed by atoms with Crippen LogP contribution in [0.15, 0.2) is 36.4 Å². The van der Waals surface area contributed by atoms with Gasteiger partial charge in [0.05, 0.1) is 17.2 Å². The van der Waals surface area contributed by atoms with Gasteiger partial charge < -0.3 is 34.4 Å². The molecule has 3 aliphatic rings. The summed E-state index contributed by atoms with van der Waals surface area (Å²) < 4.78 is 11.4.